The Balaban J connectivity index is -0.00000372. The number of nitrogens with one attached hydrogen (secondary N) is 1. The van der Waals surface area contributed by atoms with E-state index in [1.165, 1.54) is 0 Å². The van der Waals surface area contributed by atoms with Crippen molar-refractivity contribution in [1.29, 1.82) is 0 Å². The Morgan fingerprint density at radius 1 is 0.750 bits per heavy atom. The Kier molecular flexibility index (Phi) is 39.1. The molecule has 0 saturated carbocycles. The van der Waals surface area contributed by atoms with Crippen molar-refractivity contribution in [3.63, 3.8) is 0 Å². The number of carbonyl (C=O) groups is 5. The van der Waals surface area contributed by atoms with Crippen LogP contribution in [0.4, 0.5) is 0 Å². The van der Waals surface area contributed by atoms with Crippen LogP contribution in [0.15, 0.2) is 12.3 Å². The highest BCUT2D eigenvalue weighted by atomic mass is 16.4. The fourth-order valence-corrected chi connectivity index (χ4v) is 5.39. The first-order valence-corrected chi connectivity index (χ1v) is 19.2. The lowest BCUT2D eigenvalue weighted by Crippen LogP contribution is -2.47. The number of hydrogen-bond donors (Lipinski definition) is 5. The summed E-state index contributed by atoms with van der Waals surface area (Å²) in [6.45, 7) is 15.5. The average molecular weight is 741 g/mol. The number of carboxylic acid groups (broad SMARTS) is 2. The molecule has 302 valence electrons. The Morgan fingerprint density at radius 2 is 1.27 bits per heavy atom. The molecule has 0 aliphatic heterocycles. The van der Waals surface area contributed by atoms with Crippen LogP contribution in [0.3, 0.4) is 0 Å². The number of nitrogens with zero attached hydrogens (tertiary/aromatic N) is 3. The Bertz CT molecular complexity index is 942. The number of carboxylic acids is 2. The van der Waals surface area contributed by atoms with Gasteiger partial charge in [-0.05, 0) is 57.5 Å². The van der Waals surface area contributed by atoms with Crippen molar-refractivity contribution in [2.75, 3.05) is 66.0 Å². The minimum Gasteiger partial charge on any atom is -0.512 e. The maximum absolute atomic E-state index is 12.5. The molecule has 0 aromatic rings. The average Bonchev–Trinajstić information content (AvgIpc) is 3.10. The summed E-state index contributed by atoms with van der Waals surface area (Å²) in [5.41, 5.74) is -0.243. The summed E-state index contributed by atoms with van der Waals surface area (Å²) >= 11 is 0. The predicted octanol–water partition coefficient (Wildman–Crippen LogP) is 4.65. The molecule has 0 saturated heterocycles. The standard InChI is InChI=1S/C34H63BN4O7.C3H6O.CH4O/c1-5-20-39(25-24-38(27-33(43)44)23-22-37(26-29(4)40)21-18-28(3)6-2)30(34(45)46)16-17-32(42)36-19-14-12-10-8-7-9-11-13-15-31(35)41;1-2-3-4;1-2/h28,30,40H,4-27H2,1-3H3,(H,36,42)(H,43,44)(H,45,46);3H,2H2,1H3;2H,1H3. The van der Waals surface area contributed by atoms with Gasteiger partial charge >= 0.3 is 11.9 Å². The van der Waals surface area contributed by atoms with Crippen molar-refractivity contribution in [3.05, 3.63) is 12.3 Å². The largest absolute Gasteiger partial charge is 0.512 e. The summed E-state index contributed by atoms with van der Waals surface area (Å²) in [6.07, 6.45) is 13.2. The first-order chi connectivity index (χ1) is 24.8. The minimum atomic E-state index is -0.988. The monoisotopic (exact) mass is 741 g/mol. The van der Waals surface area contributed by atoms with E-state index in [1.807, 2.05) is 18.7 Å². The number of aliphatic carboxylic acids is 2. The molecule has 0 fully saturated rings. The quantitative estimate of drug-likeness (QED) is 0.0272. The first kappa shape index (κ1) is 53.5. The summed E-state index contributed by atoms with van der Waals surface area (Å²) in [4.78, 5) is 62.0. The zero-order valence-corrected chi connectivity index (χ0v) is 33.2. The van der Waals surface area contributed by atoms with E-state index in [2.05, 4.69) is 30.6 Å². The molecular formula is C38H73BN4O9. The van der Waals surface area contributed by atoms with Crippen LogP contribution >= 0.6 is 0 Å². The van der Waals surface area contributed by atoms with Gasteiger partial charge in [0.1, 0.15) is 12.3 Å². The maximum atomic E-state index is 12.5. The van der Waals surface area contributed by atoms with E-state index in [0.717, 1.165) is 90.6 Å². The molecule has 52 heavy (non-hydrogen) atoms. The number of aliphatic hydroxyl groups is 2. The zero-order valence-electron chi connectivity index (χ0n) is 33.2. The van der Waals surface area contributed by atoms with Crippen molar-refractivity contribution >= 4 is 37.7 Å². The van der Waals surface area contributed by atoms with Crippen LogP contribution in [-0.2, 0) is 24.0 Å². The third-order valence-corrected chi connectivity index (χ3v) is 8.56. The number of unbranched alkanes of at least 4 members (excludes halogenated alkanes) is 7. The second kappa shape index (κ2) is 37.9. The Hall–Kier alpha value is -2.81. The topological polar surface area (TPSA) is 188 Å². The molecule has 13 nitrogen and oxygen atoms in total. The van der Waals surface area contributed by atoms with Gasteiger partial charge in [-0.25, -0.2) is 0 Å². The maximum Gasteiger partial charge on any atom is 0.320 e. The fourth-order valence-electron chi connectivity index (χ4n) is 5.39. The van der Waals surface area contributed by atoms with Gasteiger partial charge in [-0.3, -0.25) is 29.1 Å². The lowest BCUT2D eigenvalue weighted by atomic mass is 9.96. The van der Waals surface area contributed by atoms with E-state index in [4.69, 9.17) is 13.0 Å². The van der Waals surface area contributed by atoms with Crippen molar-refractivity contribution < 1.29 is 44.4 Å². The highest BCUT2D eigenvalue weighted by molar-refractivity contribution is 6.57. The fraction of sp³-hybridized carbons (Fsp3) is 0.816. The Morgan fingerprint density at radius 3 is 1.73 bits per heavy atom. The van der Waals surface area contributed by atoms with Crippen LogP contribution in [0.25, 0.3) is 0 Å². The summed E-state index contributed by atoms with van der Waals surface area (Å²) in [7, 11) is 6.15. The van der Waals surface area contributed by atoms with Gasteiger partial charge in [-0.15, -0.1) is 0 Å². The Labute approximate surface area is 316 Å². The molecular weight excluding hydrogens is 667 g/mol. The van der Waals surface area contributed by atoms with Gasteiger partial charge in [-0.2, -0.15) is 0 Å². The highest BCUT2D eigenvalue weighted by Gasteiger charge is 2.26. The molecule has 5 N–H and O–H groups in total. The van der Waals surface area contributed by atoms with Gasteiger partial charge in [-0.1, -0.05) is 79.2 Å². The van der Waals surface area contributed by atoms with Gasteiger partial charge < -0.3 is 35.3 Å². The number of hydrogen-bond acceptors (Lipinski definition) is 10. The number of aliphatic hydroxyl groups excluding tert-OH is 2. The SMILES string of the molecule is CCC=O.CO.[B]C(=O)CCCCCCCCCCNC(=O)CCC(C(=O)O)N(CCC)CCN(CCN(CCC(C)CC)CC(=C)O)CC(=O)O. The van der Waals surface area contributed by atoms with E-state index < -0.39 is 18.0 Å². The summed E-state index contributed by atoms with van der Waals surface area (Å²) < 4.78 is 0. The van der Waals surface area contributed by atoms with Gasteiger partial charge in [0.05, 0.1) is 24.5 Å². The molecule has 14 heteroatoms. The first-order valence-electron chi connectivity index (χ1n) is 19.2. The third-order valence-electron chi connectivity index (χ3n) is 8.56. The van der Waals surface area contributed by atoms with Crippen LogP contribution in [0.1, 0.15) is 124 Å². The molecule has 0 aromatic heterocycles. The van der Waals surface area contributed by atoms with Crippen molar-refractivity contribution in [3.8, 4) is 0 Å². The molecule has 0 rings (SSSR count). The van der Waals surface area contributed by atoms with E-state index in [1.54, 1.807) is 4.90 Å². The lowest BCUT2D eigenvalue weighted by molar-refractivity contribution is -0.144. The second-order valence-corrected chi connectivity index (χ2v) is 13.2. The highest BCUT2D eigenvalue weighted by Crippen LogP contribution is 2.12. The number of rotatable bonds is 33. The number of aldehydes is 1. The van der Waals surface area contributed by atoms with E-state index in [-0.39, 0.29) is 36.7 Å². The predicted molar refractivity (Wildman–Crippen MR) is 209 cm³/mol. The van der Waals surface area contributed by atoms with E-state index in [0.29, 0.717) is 64.6 Å². The summed E-state index contributed by atoms with van der Waals surface area (Å²) in [6, 6.07) is -0.843. The number of carbonyl (C=O) groups excluding carboxylic acids is 3. The molecule has 1 amide bonds. The van der Waals surface area contributed by atoms with Gasteiger partial charge in [0.25, 0.3) is 0 Å². The molecule has 2 radical (unpaired) electrons. The molecule has 0 heterocycles. The second-order valence-electron chi connectivity index (χ2n) is 13.2. The zero-order chi connectivity index (χ0) is 40.2. The van der Waals surface area contributed by atoms with Crippen LogP contribution in [0.5, 0.6) is 0 Å². The van der Waals surface area contributed by atoms with Crippen LogP contribution in [0, 0.1) is 5.92 Å². The summed E-state index contributed by atoms with van der Waals surface area (Å²) in [5.74, 6) is -1.50. The van der Waals surface area contributed by atoms with Crippen molar-refractivity contribution in [2.24, 2.45) is 5.92 Å². The van der Waals surface area contributed by atoms with E-state index in [9.17, 15) is 39.3 Å². The van der Waals surface area contributed by atoms with Crippen molar-refractivity contribution in [1.82, 2.24) is 20.0 Å². The third kappa shape index (κ3) is 35.6. The molecule has 0 aliphatic carbocycles. The molecule has 0 aliphatic rings. The molecule has 0 bridgehead atoms. The van der Waals surface area contributed by atoms with E-state index >= 15 is 0 Å². The van der Waals surface area contributed by atoms with Crippen LogP contribution < -0.4 is 5.32 Å². The normalized spacial score (nSPS) is 11.9. The molecule has 0 spiro atoms. The summed E-state index contributed by atoms with van der Waals surface area (Å²) in [5, 5.41) is 39.2. The van der Waals surface area contributed by atoms with Crippen LogP contribution in [0.2, 0.25) is 0 Å². The van der Waals surface area contributed by atoms with Gasteiger partial charge in [0.2, 0.25) is 5.91 Å². The van der Waals surface area contributed by atoms with Crippen LogP contribution in [-0.4, -0.2) is 145 Å². The van der Waals surface area contributed by atoms with Crippen molar-refractivity contribution in [2.45, 2.75) is 130 Å². The lowest BCUT2D eigenvalue weighted by Gasteiger charge is -2.32. The molecule has 2 unspecified atom stereocenters. The molecule has 2 atom stereocenters. The van der Waals surface area contributed by atoms with Gasteiger partial charge in [0.15, 0.2) is 7.85 Å². The number of amides is 1. The molecule has 0 aromatic carbocycles. The van der Waals surface area contributed by atoms with Gasteiger partial charge in [0, 0.05) is 52.7 Å². The minimum absolute atomic E-state index is 0.0675. The smallest absolute Gasteiger partial charge is 0.320 e.